The van der Waals surface area contributed by atoms with Crippen LogP contribution in [0.25, 0.3) is 11.0 Å². The third kappa shape index (κ3) is 4.21. The number of fused-ring (bicyclic) bond motifs is 2. The third-order valence-electron chi connectivity index (χ3n) is 7.16. The first-order chi connectivity index (χ1) is 17.8. The summed E-state index contributed by atoms with van der Waals surface area (Å²) in [5.41, 5.74) is 7.53. The highest BCUT2D eigenvalue weighted by atomic mass is 19.3. The normalized spacial score (nSPS) is 22.7. The quantitative estimate of drug-likeness (QED) is 0.376. The predicted molar refractivity (Wildman–Crippen MR) is 127 cm³/mol. The molecule has 12 heteroatoms. The second-order valence-corrected chi connectivity index (χ2v) is 9.76. The van der Waals surface area contributed by atoms with Gasteiger partial charge in [-0.1, -0.05) is 6.07 Å². The molecular formula is C25H24F2N6O4. The van der Waals surface area contributed by atoms with Gasteiger partial charge in [0.05, 0.1) is 29.0 Å². The van der Waals surface area contributed by atoms with E-state index >= 15 is 0 Å². The summed E-state index contributed by atoms with van der Waals surface area (Å²) in [6, 6.07) is 8.59. The first-order valence-corrected chi connectivity index (χ1v) is 11.9. The van der Waals surface area contributed by atoms with Gasteiger partial charge in [-0.3, -0.25) is 9.59 Å². The van der Waals surface area contributed by atoms with Gasteiger partial charge in [0.25, 0.3) is 18.2 Å². The van der Waals surface area contributed by atoms with Crippen LogP contribution < -0.4 is 20.5 Å². The van der Waals surface area contributed by atoms with Gasteiger partial charge >= 0.3 is 0 Å². The summed E-state index contributed by atoms with van der Waals surface area (Å²) in [7, 11) is 0. The molecule has 37 heavy (non-hydrogen) atoms. The second kappa shape index (κ2) is 8.71. The molecular weight excluding hydrogens is 486 g/mol. The zero-order valence-corrected chi connectivity index (χ0v) is 19.6. The summed E-state index contributed by atoms with van der Waals surface area (Å²) >= 11 is 0. The van der Waals surface area contributed by atoms with Gasteiger partial charge in [-0.25, -0.2) is 17.8 Å². The van der Waals surface area contributed by atoms with Gasteiger partial charge in [-0.05, 0) is 55.4 Å². The molecule has 2 aliphatic carbocycles. The lowest BCUT2D eigenvalue weighted by Gasteiger charge is -2.57. The predicted octanol–water partition coefficient (Wildman–Crippen LogP) is 2.84. The number of halogens is 2. The number of nitrogens with two attached hydrogens (primary N) is 1. The summed E-state index contributed by atoms with van der Waals surface area (Å²) in [6.45, 7) is -0.708. The summed E-state index contributed by atoms with van der Waals surface area (Å²) in [5.74, 6) is -0.323. The number of aromatic nitrogens is 4. The third-order valence-corrected chi connectivity index (χ3v) is 7.16. The van der Waals surface area contributed by atoms with Gasteiger partial charge in [0, 0.05) is 12.2 Å². The van der Waals surface area contributed by atoms with Gasteiger partial charge < -0.3 is 20.5 Å². The van der Waals surface area contributed by atoms with E-state index in [0.29, 0.717) is 16.6 Å². The number of nitrogens with zero attached hydrogens (tertiary/aromatic N) is 4. The van der Waals surface area contributed by atoms with E-state index in [-0.39, 0.29) is 40.7 Å². The summed E-state index contributed by atoms with van der Waals surface area (Å²) in [5, 5.41) is 11.6. The van der Waals surface area contributed by atoms with Crippen LogP contribution >= 0.6 is 0 Å². The number of alkyl halides is 2. The van der Waals surface area contributed by atoms with Crippen LogP contribution in [-0.2, 0) is 0 Å². The number of nitrogens with one attached hydrogen (secondary N) is 1. The minimum absolute atomic E-state index is 0.0356. The van der Waals surface area contributed by atoms with Crippen molar-refractivity contribution in [3.8, 4) is 11.6 Å². The van der Waals surface area contributed by atoms with Crippen LogP contribution in [0.2, 0.25) is 0 Å². The van der Waals surface area contributed by atoms with Crippen molar-refractivity contribution in [2.75, 3.05) is 6.61 Å². The smallest absolute Gasteiger partial charge is 0.272 e. The monoisotopic (exact) mass is 510 g/mol. The number of rotatable bonds is 8. The van der Waals surface area contributed by atoms with E-state index < -0.39 is 18.9 Å². The molecule has 0 saturated heterocycles. The first-order valence-electron chi connectivity index (χ1n) is 11.9. The number of primary amides is 1. The van der Waals surface area contributed by atoms with Crippen molar-refractivity contribution in [2.24, 2.45) is 11.1 Å². The molecule has 2 fully saturated rings. The maximum atomic E-state index is 12.9. The van der Waals surface area contributed by atoms with Gasteiger partial charge in [-0.2, -0.15) is 5.10 Å². The van der Waals surface area contributed by atoms with Crippen molar-refractivity contribution in [1.29, 1.82) is 0 Å². The molecule has 192 valence electrons. The van der Waals surface area contributed by atoms with E-state index in [1.807, 2.05) is 12.1 Å². The molecule has 4 heterocycles. The average Bonchev–Trinajstić information content (AvgIpc) is 3.40. The van der Waals surface area contributed by atoms with E-state index in [0.717, 1.165) is 25.7 Å². The minimum Gasteiger partial charge on any atom is -0.486 e. The molecule has 10 nitrogen and oxygen atoms in total. The number of carbonyl (C=O) groups excluding carboxylic acids is 2. The maximum absolute atomic E-state index is 12.9. The number of amides is 2. The Morgan fingerprint density at radius 1 is 1.14 bits per heavy atom. The van der Waals surface area contributed by atoms with Gasteiger partial charge in [0.15, 0.2) is 0 Å². The van der Waals surface area contributed by atoms with Gasteiger partial charge in [0.1, 0.15) is 24.0 Å². The van der Waals surface area contributed by atoms with Crippen molar-refractivity contribution in [3.05, 3.63) is 60.0 Å². The second-order valence-electron chi connectivity index (χ2n) is 9.76. The molecule has 0 aliphatic heterocycles. The van der Waals surface area contributed by atoms with Crippen LogP contribution in [0.4, 0.5) is 8.78 Å². The molecule has 2 saturated carbocycles. The van der Waals surface area contributed by atoms with E-state index in [1.54, 1.807) is 22.8 Å². The highest BCUT2D eigenvalue weighted by Crippen LogP contribution is 2.57. The lowest BCUT2D eigenvalue weighted by Crippen LogP contribution is -2.58. The zero-order chi connectivity index (χ0) is 25.7. The van der Waals surface area contributed by atoms with Crippen LogP contribution in [-0.4, -0.2) is 56.2 Å². The van der Waals surface area contributed by atoms with Crippen LogP contribution in [0, 0.1) is 5.41 Å². The Labute approximate surface area is 209 Å². The Morgan fingerprint density at radius 3 is 2.70 bits per heavy atom. The molecule has 4 aromatic rings. The Balaban J connectivity index is 1.03. The van der Waals surface area contributed by atoms with Crippen LogP contribution in [0.3, 0.4) is 0 Å². The molecule has 3 N–H and O–H groups in total. The highest BCUT2D eigenvalue weighted by Gasteiger charge is 2.54. The van der Waals surface area contributed by atoms with E-state index in [1.165, 1.54) is 23.0 Å². The minimum atomic E-state index is -2.57. The largest absolute Gasteiger partial charge is 0.486 e. The number of pyridine rings is 2. The number of ether oxygens (including phenoxy) is 2. The Morgan fingerprint density at radius 2 is 1.95 bits per heavy atom. The van der Waals surface area contributed by atoms with Crippen molar-refractivity contribution < 1.29 is 27.8 Å². The number of carbonyl (C=O) groups is 2. The highest BCUT2D eigenvalue weighted by molar-refractivity contribution is 6.02. The fourth-order valence-corrected chi connectivity index (χ4v) is 5.51. The fourth-order valence-electron chi connectivity index (χ4n) is 5.51. The lowest BCUT2D eigenvalue weighted by molar-refractivity contribution is -0.0848. The van der Waals surface area contributed by atoms with E-state index in [2.05, 4.69) is 15.5 Å². The van der Waals surface area contributed by atoms with E-state index in [4.69, 9.17) is 15.2 Å². The molecule has 0 atom stereocenters. The summed E-state index contributed by atoms with van der Waals surface area (Å²) in [6.07, 6.45) is 5.29. The molecule has 4 aromatic heterocycles. The molecule has 0 bridgehead atoms. The van der Waals surface area contributed by atoms with Crippen LogP contribution in [0.5, 0.6) is 11.6 Å². The van der Waals surface area contributed by atoms with Crippen molar-refractivity contribution in [1.82, 2.24) is 24.5 Å². The maximum Gasteiger partial charge on any atom is 0.272 e. The van der Waals surface area contributed by atoms with Gasteiger partial charge in [0.2, 0.25) is 5.88 Å². The summed E-state index contributed by atoms with van der Waals surface area (Å²) in [4.78, 5) is 24.8. The van der Waals surface area contributed by atoms with E-state index in [9.17, 15) is 18.4 Å². The fraction of sp³-hybridized carbons (Fsp3) is 0.360. The van der Waals surface area contributed by atoms with Gasteiger partial charge in [-0.15, -0.1) is 5.10 Å². The molecule has 2 aliphatic rings. The average molecular weight is 511 g/mol. The Kier molecular flexibility index (Phi) is 5.46. The number of hydrogen-bond donors (Lipinski definition) is 2. The van der Waals surface area contributed by atoms with Crippen molar-refractivity contribution in [3.63, 3.8) is 0 Å². The summed E-state index contributed by atoms with van der Waals surface area (Å²) < 4.78 is 38.8. The van der Waals surface area contributed by atoms with Crippen LogP contribution in [0.15, 0.2) is 48.9 Å². The van der Waals surface area contributed by atoms with Crippen LogP contribution in [0.1, 0.15) is 46.4 Å². The SMILES string of the molecule is NC(=O)c1c(OC2CC3(CC(NC(=O)c4cnn5cc(OCC(F)F)ccc45)C3)C2)nn2ccccc12. The van der Waals surface area contributed by atoms with Crippen molar-refractivity contribution >= 4 is 22.8 Å². The Hall–Kier alpha value is -4.22. The molecule has 0 aromatic carbocycles. The molecule has 2 amide bonds. The molecule has 6 rings (SSSR count). The zero-order valence-electron chi connectivity index (χ0n) is 19.6. The topological polar surface area (TPSA) is 125 Å². The Bertz CT molecular complexity index is 1500. The standard InChI is InChI=1S/C25H24F2N6O4/c26-20(27)13-36-15-4-5-18-17(11-29-33(18)12-15)23(35)30-14-7-25(8-14)9-16(10-25)37-24-21(22(28)34)19-3-1-2-6-32(19)31-24/h1-6,11-12,14,16,20H,7-10,13H2,(H2,28,34)(H,30,35). The molecule has 1 spiro atoms. The number of hydrogen-bond acceptors (Lipinski definition) is 6. The molecule has 0 radical (unpaired) electrons. The lowest BCUT2D eigenvalue weighted by atomic mass is 9.53. The first kappa shape index (κ1) is 23.2. The van der Waals surface area contributed by atoms with Crippen molar-refractivity contribution in [2.45, 2.75) is 44.3 Å². The molecule has 0 unspecified atom stereocenters.